The summed E-state index contributed by atoms with van der Waals surface area (Å²) in [6.07, 6.45) is 0.905. The highest BCUT2D eigenvalue weighted by Gasteiger charge is 2.20. The number of amides is 1. The van der Waals surface area contributed by atoms with Gasteiger partial charge in [-0.3, -0.25) is 9.69 Å². The second-order valence-corrected chi connectivity index (χ2v) is 5.41. The zero-order valence-electron chi connectivity index (χ0n) is 12.9. The summed E-state index contributed by atoms with van der Waals surface area (Å²) >= 11 is 0. The average Bonchev–Trinajstić information content (AvgIpc) is 2.54. The quantitative estimate of drug-likeness (QED) is 0.848. The third kappa shape index (κ3) is 4.42. The van der Waals surface area contributed by atoms with Gasteiger partial charge in [-0.15, -0.1) is 0 Å². The van der Waals surface area contributed by atoms with Crippen LogP contribution in [0.1, 0.15) is 12.0 Å². The van der Waals surface area contributed by atoms with Crippen molar-refractivity contribution in [3.8, 4) is 5.75 Å². The first kappa shape index (κ1) is 16.7. The third-order valence-corrected chi connectivity index (χ3v) is 3.98. The smallest absolute Gasteiger partial charge is 0.222 e. The van der Waals surface area contributed by atoms with Gasteiger partial charge in [0.25, 0.3) is 0 Å². The Balaban J connectivity index is 1.79. The Labute approximate surface area is 130 Å². The lowest BCUT2D eigenvalue weighted by Gasteiger charge is -2.34. The number of carbonyl (C=O) groups is 1. The molecule has 0 bridgehead atoms. The Morgan fingerprint density at radius 3 is 2.64 bits per heavy atom. The molecule has 22 heavy (non-hydrogen) atoms. The maximum absolute atomic E-state index is 13.6. The van der Waals surface area contributed by atoms with E-state index in [-0.39, 0.29) is 18.3 Å². The van der Waals surface area contributed by atoms with E-state index in [0.29, 0.717) is 32.5 Å². The summed E-state index contributed by atoms with van der Waals surface area (Å²) in [7, 11) is 1.43. The highest BCUT2D eigenvalue weighted by Crippen LogP contribution is 2.18. The van der Waals surface area contributed by atoms with Crippen LogP contribution < -0.4 is 4.74 Å². The van der Waals surface area contributed by atoms with Gasteiger partial charge in [0.1, 0.15) is 0 Å². The normalized spacial score (nSPS) is 15.9. The second kappa shape index (κ2) is 8.10. The fraction of sp³-hybridized carbons (Fsp3) is 0.562. The topological polar surface area (TPSA) is 53.0 Å². The lowest BCUT2D eigenvalue weighted by atomic mass is 10.1. The molecule has 6 heteroatoms. The number of ether oxygens (including phenoxy) is 1. The molecule has 122 valence electrons. The third-order valence-electron chi connectivity index (χ3n) is 3.98. The Morgan fingerprint density at radius 1 is 1.32 bits per heavy atom. The van der Waals surface area contributed by atoms with E-state index in [1.165, 1.54) is 13.2 Å². The zero-order chi connectivity index (χ0) is 15.9. The summed E-state index contributed by atoms with van der Waals surface area (Å²) in [5.41, 5.74) is 0.797. The van der Waals surface area contributed by atoms with Crippen molar-refractivity contribution >= 4 is 5.91 Å². The van der Waals surface area contributed by atoms with Gasteiger partial charge in [0, 0.05) is 39.1 Å². The largest absolute Gasteiger partial charge is 0.494 e. The predicted octanol–water partition coefficient (Wildman–Crippen LogP) is 0.903. The first-order valence-corrected chi connectivity index (χ1v) is 7.57. The summed E-state index contributed by atoms with van der Waals surface area (Å²) in [5.74, 6) is -0.0833. The van der Waals surface area contributed by atoms with Crippen molar-refractivity contribution in [1.82, 2.24) is 9.80 Å². The number of rotatable bonds is 6. The number of nitrogens with zero attached hydrogens (tertiary/aromatic N) is 2. The summed E-state index contributed by atoms with van der Waals surface area (Å²) in [5, 5.41) is 8.90. The van der Waals surface area contributed by atoms with Crippen LogP contribution in [0.25, 0.3) is 0 Å². The molecule has 1 saturated heterocycles. The van der Waals surface area contributed by atoms with E-state index in [9.17, 15) is 9.18 Å². The van der Waals surface area contributed by atoms with Gasteiger partial charge in [-0.1, -0.05) is 6.07 Å². The summed E-state index contributed by atoms with van der Waals surface area (Å²) in [6, 6.07) is 4.79. The number of aryl methyl sites for hydroxylation is 1. The van der Waals surface area contributed by atoms with Crippen LogP contribution in [0.3, 0.4) is 0 Å². The van der Waals surface area contributed by atoms with E-state index in [2.05, 4.69) is 4.90 Å². The molecular formula is C16H23FN2O3. The van der Waals surface area contributed by atoms with Crippen LogP contribution in [0.15, 0.2) is 18.2 Å². The minimum atomic E-state index is -0.398. The molecule has 0 spiro atoms. The van der Waals surface area contributed by atoms with Gasteiger partial charge in [0.05, 0.1) is 13.7 Å². The molecule has 0 aliphatic carbocycles. The number of halogens is 1. The fourth-order valence-corrected chi connectivity index (χ4v) is 2.64. The monoisotopic (exact) mass is 310 g/mol. The molecule has 1 aromatic carbocycles. The van der Waals surface area contributed by atoms with E-state index in [0.717, 1.165) is 18.7 Å². The van der Waals surface area contributed by atoms with Crippen molar-refractivity contribution in [2.75, 3.05) is 46.4 Å². The molecule has 1 aliphatic rings. The number of aliphatic hydroxyl groups excluding tert-OH is 1. The number of carbonyl (C=O) groups excluding carboxylic acids is 1. The molecule has 0 saturated carbocycles. The van der Waals surface area contributed by atoms with Gasteiger partial charge >= 0.3 is 0 Å². The number of piperazine rings is 1. The summed E-state index contributed by atoms with van der Waals surface area (Å²) in [4.78, 5) is 16.2. The molecule has 0 unspecified atom stereocenters. The van der Waals surface area contributed by atoms with E-state index in [4.69, 9.17) is 9.84 Å². The van der Waals surface area contributed by atoms with E-state index < -0.39 is 5.82 Å². The first-order valence-electron chi connectivity index (χ1n) is 7.57. The minimum Gasteiger partial charge on any atom is -0.494 e. The van der Waals surface area contributed by atoms with E-state index in [1.54, 1.807) is 12.1 Å². The predicted molar refractivity (Wildman–Crippen MR) is 81.4 cm³/mol. The van der Waals surface area contributed by atoms with Gasteiger partial charge in [-0.25, -0.2) is 4.39 Å². The number of β-amino-alcohol motifs (C(OH)–C–C–N with tert-alkyl or cyclic N) is 1. The summed E-state index contributed by atoms with van der Waals surface area (Å²) < 4.78 is 18.5. The molecular weight excluding hydrogens is 287 g/mol. The van der Waals surface area contributed by atoms with Crippen LogP contribution in [-0.4, -0.2) is 67.3 Å². The number of hydrogen-bond acceptors (Lipinski definition) is 4. The van der Waals surface area contributed by atoms with Gasteiger partial charge in [0.15, 0.2) is 11.6 Å². The van der Waals surface area contributed by atoms with Crippen molar-refractivity contribution in [2.24, 2.45) is 0 Å². The molecule has 1 aromatic rings. The molecule has 1 N–H and O–H groups in total. The maximum Gasteiger partial charge on any atom is 0.222 e. The van der Waals surface area contributed by atoms with Crippen LogP contribution in [0.2, 0.25) is 0 Å². The van der Waals surface area contributed by atoms with Crippen molar-refractivity contribution in [2.45, 2.75) is 12.8 Å². The molecule has 0 radical (unpaired) electrons. The number of benzene rings is 1. The molecule has 5 nitrogen and oxygen atoms in total. The van der Waals surface area contributed by atoms with Gasteiger partial charge in [-0.2, -0.15) is 0 Å². The molecule has 1 fully saturated rings. The van der Waals surface area contributed by atoms with Crippen LogP contribution in [0, 0.1) is 5.82 Å². The number of hydrogen-bond donors (Lipinski definition) is 1. The van der Waals surface area contributed by atoms with Crippen LogP contribution >= 0.6 is 0 Å². The number of methoxy groups -OCH3 is 1. The van der Waals surface area contributed by atoms with Gasteiger partial charge < -0.3 is 14.7 Å². The Kier molecular flexibility index (Phi) is 6.15. The van der Waals surface area contributed by atoms with Crippen molar-refractivity contribution < 1.29 is 19.0 Å². The molecule has 1 aliphatic heterocycles. The van der Waals surface area contributed by atoms with Crippen LogP contribution in [-0.2, 0) is 11.2 Å². The fourth-order valence-electron chi connectivity index (χ4n) is 2.64. The average molecular weight is 310 g/mol. The highest BCUT2D eigenvalue weighted by molar-refractivity contribution is 5.76. The molecule has 0 atom stereocenters. The van der Waals surface area contributed by atoms with E-state index in [1.807, 2.05) is 4.90 Å². The van der Waals surface area contributed by atoms with Crippen molar-refractivity contribution in [3.63, 3.8) is 0 Å². The lowest BCUT2D eigenvalue weighted by molar-refractivity contribution is -0.132. The Morgan fingerprint density at radius 2 is 2.05 bits per heavy atom. The maximum atomic E-state index is 13.6. The van der Waals surface area contributed by atoms with Gasteiger partial charge in [-0.05, 0) is 24.1 Å². The Bertz CT molecular complexity index is 502. The van der Waals surface area contributed by atoms with Crippen molar-refractivity contribution in [1.29, 1.82) is 0 Å². The second-order valence-electron chi connectivity index (χ2n) is 5.41. The van der Waals surface area contributed by atoms with E-state index >= 15 is 0 Å². The lowest BCUT2D eigenvalue weighted by Crippen LogP contribution is -2.49. The molecule has 0 aromatic heterocycles. The van der Waals surface area contributed by atoms with Crippen molar-refractivity contribution in [3.05, 3.63) is 29.6 Å². The molecule has 2 rings (SSSR count). The van der Waals surface area contributed by atoms with Crippen LogP contribution in [0.4, 0.5) is 4.39 Å². The zero-order valence-corrected chi connectivity index (χ0v) is 12.9. The first-order chi connectivity index (χ1) is 10.6. The van der Waals surface area contributed by atoms with Crippen LogP contribution in [0.5, 0.6) is 5.75 Å². The minimum absolute atomic E-state index is 0.0971. The molecule has 1 heterocycles. The Hall–Kier alpha value is -1.66. The highest BCUT2D eigenvalue weighted by atomic mass is 19.1. The molecule has 1 amide bonds. The van der Waals surface area contributed by atoms with Gasteiger partial charge in [0.2, 0.25) is 5.91 Å². The standard InChI is InChI=1S/C16H23FN2O3/c1-22-15-4-2-13(12-14(15)17)3-5-16(21)19-8-6-18(7-9-19)10-11-20/h2,4,12,20H,3,5-11H2,1H3. The number of aliphatic hydroxyl groups is 1. The summed E-state index contributed by atoms with van der Waals surface area (Å²) in [6.45, 7) is 3.78. The SMILES string of the molecule is COc1ccc(CCC(=O)N2CCN(CCO)CC2)cc1F.